The molecule has 6 heteroatoms. The molecule has 1 aliphatic carbocycles. The van der Waals surface area contributed by atoms with Crippen LogP contribution < -0.4 is 5.32 Å². The van der Waals surface area contributed by atoms with Crippen molar-refractivity contribution in [1.29, 1.82) is 0 Å². The summed E-state index contributed by atoms with van der Waals surface area (Å²) in [7, 11) is 0. The fraction of sp³-hybridized carbons (Fsp3) is 0.444. The van der Waals surface area contributed by atoms with E-state index in [1.54, 1.807) is 6.20 Å². The molecule has 24 heavy (non-hydrogen) atoms. The van der Waals surface area contributed by atoms with Crippen molar-refractivity contribution >= 4 is 11.7 Å². The summed E-state index contributed by atoms with van der Waals surface area (Å²) >= 11 is 0. The van der Waals surface area contributed by atoms with Gasteiger partial charge in [-0.3, -0.25) is 4.40 Å². The van der Waals surface area contributed by atoms with Crippen LogP contribution in [0.3, 0.4) is 0 Å². The van der Waals surface area contributed by atoms with E-state index < -0.39 is 0 Å². The molecule has 1 saturated carbocycles. The Bertz CT molecular complexity index is 788. The van der Waals surface area contributed by atoms with E-state index in [4.69, 9.17) is 4.98 Å². The van der Waals surface area contributed by atoms with Gasteiger partial charge in [0.25, 0.3) is 0 Å². The van der Waals surface area contributed by atoms with Crippen molar-refractivity contribution in [2.45, 2.75) is 51.0 Å². The number of nitrogens with zero attached hydrogens (tertiary/aromatic N) is 5. The minimum atomic E-state index is 0.0746. The summed E-state index contributed by atoms with van der Waals surface area (Å²) in [6.45, 7) is 2.13. The topological polar surface area (TPSA) is 68.0 Å². The van der Waals surface area contributed by atoms with Crippen LogP contribution in [0.4, 0.5) is 5.95 Å². The maximum Gasteiger partial charge on any atom is 0.233 e. The molecule has 0 amide bonds. The van der Waals surface area contributed by atoms with Crippen LogP contribution >= 0.6 is 0 Å². The molecular formula is C18H22N6. The van der Waals surface area contributed by atoms with E-state index in [-0.39, 0.29) is 6.04 Å². The Labute approximate surface area is 141 Å². The first kappa shape index (κ1) is 15.1. The second-order valence-corrected chi connectivity index (χ2v) is 6.38. The molecule has 0 unspecified atom stereocenters. The molecule has 0 bridgehead atoms. The monoisotopic (exact) mass is 322 g/mol. The lowest BCUT2D eigenvalue weighted by Gasteiger charge is -2.16. The standard InChI is InChI=1S/C18H22N6/c1-2-14(16-12-24-11-5-9-20-18(24)23-16)21-17-19-10-8-15(22-17)13-6-3-4-7-13/h5,8-14H,2-4,6-7H2,1H3,(H,19,21,22)/t14-/m1/s1. The summed E-state index contributed by atoms with van der Waals surface area (Å²) in [6.07, 6.45) is 13.6. The first-order valence-electron chi connectivity index (χ1n) is 8.72. The number of anilines is 1. The normalized spacial score (nSPS) is 16.5. The van der Waals surface area contributed by atoms with E-state index in [2.05, 4.69) is 33.3 Å². The smallest absolute Gasteiger partial charge is 0.233 e. The van der Waals surface area contributed by atoms with Gasteiger partial charge in [-0.2, -0.15) is 0 Å². The van der Waals surface area contributed by atoms with E-state index in [1.807, 2.05) is 29.1 Å². The quantitative estimate of drug-likeness (QED) is 0.775. The largest absolute Gasteiger partial charge is 0.346 e. The molecule has 3 heterocycles. The molecule has 124 valence electrons. The molecule has 6 nitrogen and oxygen atoms in total. The van der Waals surface area contributed by atoms with Crippen molar-refractivity contribution in [3.63, 3.8) is 0 Å². The highest BCUT2D eigenvalue weighted by Crippen LogP contribution is 2.33. The van der Waals surface area contributed by atoms with Gasteiger partial charge >= 0.3 is 0 Å². The number of nitrogens with one attached hydrogen (secondary N) is 1. The Balaban J connectivity index is 1.57. The van der Waals surface area contributed by atoms with Gasteiger partial charge in [-0.15, -0.1) is 0 Å². The third-order valence-corrected chi connectivity index (χ3v) is 4.77. The summed E-state index contributed by atoms with van der Waals surface area (Å²) < 4.78 is 1.94. The number of rotatable bonds is 5. The van der Waals surface area contributed by atoms with Gasteiger partial charge in [0.05, 0.1) is 11.7 Å². The molecule has 3 aromatic rings. The third kappa shape index (κ3) is 2.96. The Morgan fingerprint density at radius 3 is 2.88 bits per heavy atom. The van der Waals surface area contributed by atoms with Crippen molar-refractivity contribution < 1.29 is 0 Å². The van der Waals surface area contributed by atoms with Gasteiger partial charge in [0, 0.05) is 36.4 Å². The average Bonchev–Trinajstić information content (AvgIpc) is 3.29. The van der Waals surface area contributed by atoms with Crippen LogP contribution in [0.15, 0.2) is 36.9 Å². The van der Waals surface area contributed by atoms with Gasteiger partial charge in [0.1, 0.15) is 0 Å². The van der Waals surface area contributed by atoms with Crippen LogP contribution in [-0.4, -0.2) is 24.3 Å². The Kier molecular flexibility index (Phi) is 4.11. The van der Waals surface area contributed by atoms with Crippen LogP contribution in [0, 0.1) is 0 Å². The van der Waals surface area contributed by atoms with E-state index in [9.17, 15) is 0 Å². The number of hydrogen-bond donors (Lipinski definition) is 1. The molecule has 0 aromatic carbocycles. The van der Waals surface area contributed by atoms with Gasteiger partial charge < -0.3 is 5.32 Å². The molecule has 1 atom stereocenters. The molecular weight excluding hydrogens is 300 g/mol. The van der Waals surface area contributed by atoms with Crippen molar-refractivity contribution in [2.24, 2.45) is 0 Å². The zero-order valence-electron chi connectivity index (χ0n) is 13.9. The van der Waals surface area contributed by atoms with Crippen LogP contribution in [0.1, 0.15) is 62.4 Å². The number of aromatic nitrogens is 5. The van der Waals surface area contributed by atoms with E-state index in [0.29, 0.717) is 17.6 Å². The molecule has 0 spiro atoms. The minimum absolute atomic E-state index is 0.0746. The predicted molar refractivity (Wildman–Crippen MR) is 92.9 cm³/mol. The van der Waals surface area contributed by atoms with Gasteiger partial charge in [0.2, 0.25) is 11.7 Å². The highest BCUT2D eigenvalue weighted by molar-refractivity contribution is 5.35. The Morgan fingerprint density at radius 1 is 1.21 bits per heavy atom. The summed E-state index contributed by atoms with van der Waals surface area (Å²) in [5.74, 6) is 2.00. The van der Waals surface area contributed by atoms with E-state index in [1.165, 1.54) is 25.7 Å². The first-order valence-corrected chi connectivity index (χ1v) is 8.72. The van der Waals surface area contributed by atoms with Crippen LogP contribution in [0.2, 0.25) is 0 Å². The highest BCUT2D eigenvalue weighted by Gasteiger charge is 2.20. The van der Waals surface area contributed by atoms with Crippen molar-refractivity contribution in [2.75, 3.05) is 5.32 Å². The molecule has 1 N–H and O–H groups in total. The van der Waals surface area contributed by atoms with Crippen molar-refractivity contribution in [3.05, 3.63) is 48.3 Å². The van der Waals surface area contributed by atoms with Gasteiger partial charge in [0.15, 0.2) is 0 Å². The SMILES string of the molecule is CC[C@@H](Nc1nccc(C2CCCC2)n1)c1cn2cccnc2n1. The number of imidazole rings is 1. The lowest BCUT2D eigenvalue weighted by molar-refractivity contribution is 0.683. The molecule has 4 rings (SSSR count). The zero-order valence-corrected chi connectivity index (χ0v) is 13.9. The van der Waals surface area contributed by atoms with Crippen molar-refractivity contribution in [3.8, 4) is 0 Å². The van der Waals surface area contributed by atoms with E-state index >= 15 is 0 Å². The molecule has 1 fully saturated rings. The number of hydrogen-bond acceptors (Lipinski definition) is 5. The maximum atomic E-state index is 4.75. The fourth-order valence-corrected chi connectivity index (χ4v) is 3.45. The molecule has 3 aromatic heterocycles. The average molecular weight is 322 g/mol. The zero-order chi connectivity index (χ0) is 16.4. The highest BCUT2D eigenvalue weighted by atomic mass is 15.1. The summed E-state index contributed by atoms with van der Waals surface area (Å²) in [5.41, 5.74) is 2.13. The van der Waals surface area contributed by atoms with Gasteiger partial charge in [-0.25, -0.2) is 19.9 Å². The van der Waals surface area contributed by atoms with Crippen LogP contribution in [-0.2, 0) is 0 Å². The maximum absolute atomic E-state index is 4.75. The Morgan fingerprint density at radius 2 is 2.08 bits per heavy atom. The number of fused-ring (bicyclic) bond motifs is 1. The second-order valence-electron chi connectivity index (χ2n) is 6.38. The predicted octanol–water partition coefficient (Wildman–Crippen LogP) is 3.74. The first-order chi connectivity index (χ1) is 11.8. The van der Waals surface area contributed by atoms with Crippen molar-refractivity contribution in [1.82, 2.24) is 24.3 Å². The van der Waals surface area contributed by atoms with Gasteiger partial charge in [-0.05, 0) is 31.4 Å². The van der Waals surface area contributed by atoms with Crippen LogP contribution in [0.5, 0.6) is 0 Å². The van der Waals surface area contributed by atoms with Crippen LogP contribution in [0.25, 0.3) is 5.78 Å². The lowest BCUT2D eigenvalue weighted by Crippen LogP contribution is -2.13. The molecule has 0 radical (unpaired) electrons. The van der Waals surface area contributed by atoms with Gasteiger partial charge in [-0.1, -0.05) is 19.8 Å². The fourth-order valence-electron chi connectivity index (χ4n) is 3.45. The molecule has 1 aliphatic rings. The Hall–Kier alpha value is -2.50. The molecule has 0 saturated heterocycles. The summed E-state index contributed by atoms with van der Waals surface area (Å²) in [4.78, 5) is 18.1. The summed E-state index contributed by atoms with van der Waals surface area (Å²) in [6, 6.07) is 4.03. The third-order valence-electron chi connectivity index (χ3n) is 4.77. The summed E-state index contributed by atoms with van der Waals surface area (Å²) in [5, 5.41) is 3.44. The molecule has 0 aliphatic heterocycles. The van der Waals surface area contributed by atoms with E-state index in [0.717, 1.165) is 17.8 Å². The lowest BCUT2D eigenvalue weighted by atomic mass is 10.0. The minimum Gasteiger partial charge on any atom is -0.346 e. The second kappa shape index (κ2) is 6.55.